The molecule has 0 spiro atoms. The number of nitrogens with one attached hydrogen (secondary N) is 1. The Balaban J connectivity index is 2.44. The number of carbonyl (C=O) groups is 1. The Hall–Kier alpha value is -3.15. The summed E-state index contributed by atoms with van der Waals surface area (Å²) in [6.07, 6.45) is 3.08. The first-order valence-electron chi connectivity index (χ1n) is 7.12. The van der Waals surface area contributed by atoms with Crippen molar-refractivity contribution in [3.8, 4) is 5.69 Å². The van der Waals surface area contributed by atoms with Crippen LogP contribution in [-0.4, -0.2) is 20.3 Å². The number of allylic oxidation sites excluding steroid dienone is 2. The van der Waals surface area contributed by atoms with E-state index < -0.39 is 0 Å². The number of carbonyl (C=O) groups excluding carboxylic acids is 1. The zero-order valence-electron chi connectivity index (χ0n) is 12.8. The van der Waals surface area contributed by atoms with Gasteiger partial charge in [0.2, 0.25) is 0 Å². The fourth-order valence-corrected chi connectivity index (χ4v) is 2.73. The lowest BCUT2D eigenvalue weighted by Crippen LogP contribution is -2.10. The van der Waals surface area contributed by atoms with Gasteiger partial charge >= 0.3 is 0 Å². The monoisotopic (exact) mass is 308 g/mol. The third-order valence-electron chi connectivity index (χ3n) is 3.64. The van der Waals surface area contributed by atoms with Gasteiger partial charge in [-0.15, -0.1) is 0 Å². The van der Waals surface area contributed by atoms with Gasteiger partial charge in [-0.05, 0) is 26.0 Å². The number of nitrogens with zero attached hydrogens (tertiary/aromatic N) is 2. The predicted molar refractivity (Wildman–Crippen MR) is 89.2 cm³/mol. The first kappa shape index (κ1) is 14.8. The fourth-order valence-electron chi connectivity index (χ4n) is 2.73. The van der Waals surface area contributed by atoms with Gasteiger partial charge in [0, 0.05) is 28.7 Å². The molecule has 0 aliphatic rings. The van der Waals surface area contributed by atoms with E-state index in [0.717, 1.165) is 5.69 Å². The van der Waals surface area contributed by atoms with E-state index in [0.29, 0.717) is 27.9 Å². The highest BCUT2D eigenvalue weighted by Gasteiger charge is 2.20. The second-order valence-electron chi connectivity index (χ2n) is 5.29. The van der Waals surface area contributed by atoms with E-state index >= 15 is 0 Å². The summed E-state index contributed by atoms with van der Waals surface area (Å²) in [5.74, 6) is -0.194. The predicted octanol–water partition coefficient (Wildman–Crippen LogP) is 1.99. The van der Waals surface area contributed by atoms with Gasteiger partial charge in [-0.3, -0.25) is 9.59 Å². The molecule has 0 aliphatic heterocycles. The molecule has 0 saturated heterocycles. The Morgan fingerprint density at radius 2 is 1.91 bits per heavy atom. The van der Waals surface area contributed by atoms with Crippen LogP contribution in [0.5, 0.6) is 0 Å². The number of nitrogens with two attached hydrogens (primary N) is 1. The molecule has 3 rings (SSSR count). The molecule has 2 aromatic heterocycles. The van der Waals surface area contributed by atoms with Crippen molar-refractivity contribution in [3.05, 3.63) is 64.5 Å². The Bertz CT molecular complexity index is 977. The van der Waals surface area contributed by atoms with Crippen LogP contribution < -0.4 is 11.3 Å². The van der Waals surface area contributed by atoms with Gasteiger partial charge in [0.25, 0.3) is 5.56 Å². The number of hydrogen-bond acceptors (Lipinski definition) is 4. The van der Waals surface area contributed by atoms with Crippen molar-refractivity contribution in [2.75, 3.05) is 0 Å². The van der Waals surface area contributed by atoms with Crippen LogP contribution in [0.2, 0.25) is 0 Å². The maximum absolute atomic E-state index is 12.3. The van der Waals surface area contributed by atoms with E-state index in [1.54, 1.807) is 17.7 Å². The molecule has 23 heavy (non-hydrogen) atoms. The van der Waals surface area contributed by atoms with Crippen LogP contribution in [-0.2, 0) is 4.79 Å². The third-order valence-corrected chi connectivity index (χ3v) is 3.64. The van der Waals surface area contributed by atoms with Gasteiger partial charge in [0.05, 0.1) is 11.7 Å². The summed E-state index contributed by atoms with van der Waals surface area (Å²) >= 11 is 0. The van der Waals surface area contributed by atoms with Crippen LogP contribution in [0.4, 0.5) is 0 Å². The molecular weight excluding hydrogens is 292 g/mol. The Labute approximate surface area is 132 Å². The summed E-state index contributed by atoms with van der Waals surface area (Å²) in [5, 5.41) is 0.353. The van der Waals surface area contributed by atoms with E-state index in [2.05, 4.69) is 9.97 Å². The van der Waals surface area contributed by atoms with Crippen LogP contribution in [0, 0.1) is 0 Å². The summed E-state index contributed by atoms with van der Waals surface area (Å²) < 4.78 is 1.78. The molecule has 0 atom stereocenters. The number of Topliss-reactive ketones (excluding diaryl/α,β-unsaturated/α-hetero) is 1. The minimum Gasteiger partial charge on any atom is -0.402 e. The van der Waals surface area contributed by atoms with E-state index in [4.69, 9.17) is 5.73 Å². The molecule has 0 amide bonds. The Kier molecular flexibility index (Phi) is 3.57. The molecule has 2 heterocycles. The van der Waals surface area contributed by atoms with Crippen molar-refractivity contribution in [2.45, 2.75) is 13.8 Å². The number of hydrogen-bond donors (Lipinski definition) is 2. The molecule has 6 heteroatoms. The molecule has 0 fully saturated rings. The lowest BCUT2D eigenvalue weighted by Gasteiger charge is -2.04. The van der Waals surface area contributed by atoms with Crippen molar-refractivity contribution in [1.29, 1.82) is 0 Å². The van der Waals surface area contributed by atoms with Crippen molar-refractivity contribution in [2.24, 2.45) is 5.73 Å². The summed E-state index contributed by atoms with van der Waals surface area (Å²) in [7, 11) is 0. The molecule has 0 bridgehead atoms. The van der Waals surface area contributed by atoms with Gasteiger partial charge in [0.1, 0.15) is 0 Å². The highest BCUT2D eigenvalue weighted by molar-refractivity contribution is 6.23. The minimum atomic E-state index is -0.306. The zero-order chi connectivity index (χ0) is 16.6. The lowest BCUT2D eigenvalue weighted by atomic mass is 10.0. The molecule has 0 unspecified atom stereocenters. The smallest absolute Gasteiger partial charge is 0.260 e. The number of para-hydroxylation sites is 1. The van der Waals surface area contributed by atoms with Gasteiger partial charge in [0.15, 0.2) is 11.4 Å². The molecule has 0 radical (unpaired) electrons. The highest BCUT2D eigenvalue weighted by atomic mass is 16.1. The average Bonchev–Trinajstić information content (AvgIpc) is 2.88. The standard InChI is InChI=1S/C17H16N4O2/c1-10(18)14(11(2)22)13-8-21(12-6-4-3-5-7-12)16-15(13)17(23)20-9-19-16/h3-9H,18H2,1-2H3,(H,19,20,23)/b14-10+. The molecule has 0 saturated carbocycles. The number of H-pyrrole nitrogens is 1. The number of ketones is 1. The molecule has 3 N–H and O–H groups in total. The normalized spacial score (nSPS) is 12.3. The molecule has 1 aromatic carbocycles. The van der Waals surface area contributed by atoms with E-state index in [9.17, 15) is 9.59 Å². The lowest BCUT2D eigenvalue weighted by molar-refractivity contribution is -0.111. The van der Waals surface area contributed by atoms with Gasteiger partial charge in [-0.1, -0.05) is 18.2 Å². The SMILES string of the molecule is CC(=O)/C(=C(/C)N)c1cn(-c2ccccc2)c2nc[nH]c(=O)c12. The van der Waals surface area contributed by atoms with E-state index in [1.807, 2.05) is 30.3 Å². The quantitative estimate of drug-likeness (QED) is 0.724. The van der Waals surface area contributed by atoms with Crippen LogP contribution in [0.3, 0.4) is 0 Å². The van der Waals surface area contributed by atoms with Crippen molar-refractivity contribution >= 4 is 22.4 Å². The molecule has 6 nitrogen and oxygen atoms in total. The van der Waals surface area contributed by atoms with E-state index in [-0.39, 0.29) is 11.3 Å². The minimum absolute atomic E-state index is 0.194. The topological polar surface area (TPSA) is 93.8 Å². The summed E-state index contributed by atoms with van der Waals surface area (Å²) in [6.45, 7) is 3.08. The summed E-state index contributed by atoms with van der Waals surface area (Å²) in [6, 6.07) is 9.49. The Morgan fingerprint density at radius 3 is 2.52 bits per heavy atom. The van der Waals surface area contributed by atoms with Crippen molar-refractivity contribution in [3.63, 3.8) is 0 Å². The van der Waals surface area contributed by atoms with Crippen molar-refractivity contribution < 1.29 is 4.79 Å². The molecular formula is C17H16N4O2. The fraction of sp³-hybridized carbons (Fsp3) is 0.118. The number of fused-ring (bicyclic) bond motifs is 1. The van der Waals surface area contributed by atoms with Crippen LogP contribution in [0.25, 0.3) is 22.3 Å². The largest absolute Gasteiger partial charge is 0.402 e. The van der Waals surface area contributed by atoms with Gasteiger partial charge in [-0.25, -0.2) is 4.98 Å². The number of rotatable bonds is 3. The molecule has 116 valence electrons. The number of benzene rings is 1. The average molecular weight is 308 g/mol. The maximum Gasteiger partial charge on any atom is 0.260 e. The number of aromatic amines is 1. The summed E-state index contributed by atoms with van der Waals surface area (Å²) in [4.78, 5) is 31.1. The highest BCUT2D eigenvalue weighted by Crippen LogP contribution is 2.27. The van der Waals surface area contributed by atoms with E-state index in [1.165, 1.54) is 13.3 Å². The summed E-state index contributed by atoms with van der Waals surface area (Å²) in [5.41, 5.74) is 8.09. The second kappa shape index (κ2) is 5.57. The second-order valence-corrected chi connectivity index (χ2v) is 5.29. The third kappa shape index (κ3) is 2.44. The van der Waals surface area contributed by atoms with Crippen LogP contribution in [0.15, 0.2) is 53.3 Å². The first-order chi connectivity index (χ1) is 11.0. The van der Waals surface area contributed by atoms with Crippen LogP contribution in [0.1, 0.15) is 19.4 Å². The van der Waals surface area contributed by atoms with Crippen LogP contribution >= 0.6 is 0 Å². The Morgan fingerprint density at radius 1 is 1.22 bits per heavy atom. The van der Waals surface area contributed by atoms with Gasteiger partial charge < -0.3 is 15.3 Å². The number of aromatic nitrogens is 3. The maximum atomic E-state index is 12.3. The van der Waals surface area contributed by atoms with Crippen molar-refractivity contribution in [1.82, 2.24) is 14.5 Å². The zero-order valence-corrected chi connectivity index (χ0v) is 12.8. The van der Waals surface area contributed by atoms with Gasteiger partial charge in [-0.2, -0.15) is 0 Å². The first-order valence-corrected chi connectivity index (χ1v) is 7.12. The molecule has 0 aliphatic carbocycles. The molecule has 3 aromatic rings.